The first-order chi connectivity index (χ1) is 7.81. The smallest absolute Gasteiger partial charge is 0.137 e. The maximum atomic E-state index is 6.09. The Balaban J connectivity index is 2.12. The van der Waals surface area contributed by atoms with Crippen LogP contribution in [0.3, 0.4) is 0 Å². The van der Waals surface area contributed by atoms with Crippen LogP contribution in [0.1, 0.15) is 5.56 Å². The molecule has 16 heavy (non-hydrogen) atoms. The Morgan fingerprint density at radius 2 is 2.25 bits per heavy atom. The summed E-state index contributed by atoms with van der Waals surface area (Å²) < 4.78 is 5.30. The number of nitrogens with one attached hydrogen (secondary N) is 1. The molecule has 2 heterocycles. The number of halogens is 1. The van der Waals surface area contributed by atoms with Gasteiger partial charge in [0.05, 0.1) is 7.11 Å². The van der Waals surface area contributed by atoms with Gasteiger partial charge in [0.1, 0.15) is 10.9 Å². The van der Waals surface area contributed by atoms with Crippen molar-refractivity contribution in [2.75, 3.05) is 33.3 Å². The number of ether oxygens (including phenoxy) is 1. The van der Waals surface area contributed by atoms with E-state index in [9.17, 15) is 0 Å². The summed E-state index contributed by atoms with van der Waals surface area (Å²) in [5, 5.41) is 3.86. The first kappa shape index (κ1) is 11.6. The highest BCUT2D eigenvalue weighted by Gasteiger charge is 2.15. The van der Waals surface area contributed by atoms with Gasteiger partial charge >= 0.3 is 0 Å². The molecule has 1 saturated heterocycles. The highest BCUT2D eigenvalue weighted by Crippen LogP contribution is 2.25. The molecule has 1 aromatic heterocycles. The molecule has 0 radical (unpaired) electrons. The summed E-state index contributed by atoms with van der Waals surface area (Å²) in [5.74, 6) is 0.818. The normalized spacial score (nSPS) is 17.4. The second-order valence-electron chi connectivity index (χ2n) is 3.81. The summed E-state index contributed by atoms with van der Waals surface area (Å²) in [4.78, 5) is 6.45. The van der Waals surface area contributed by atoms with E-state index in [0.29, 0.717) is 5.15 Å². The summed E-state index contributed by atoms with van der Waals surface area (Å²) in [7, 11) is 1.66. The minimum Gasteiger partial charge on any atom is -0.496 e. The molecule has 0 saturated carbocycles. The van der Waals surface area contributed by atoms with E-state index in [4.69, 9.17) is 16.3 Å². The minimum absolute atomic E-state index is 0.540. The zero-order valence-corrected chi connectivity index (χ0v) is 10.1. The lowest BCUT2D eigenvalue weighted by Gasteiger charge is -2.27. The van der Waals surface area contributed by atoms with Crippen LogP contribution in [-0.4, -0.2) is 43.2 Å². The fourth-order valence-electron chi connectivity index (χ4n) is 1.88. The Bertz CT molecular complexity index is 353. The van der Waals surface area contributed by atoms with E-state index >= 15 is 0 Å². The van der Waals surface area contributed by atoms with E-state index in [0.717, 1.165) is 44.0 Å². The number of hydrogen-bond donors (Lipinski definition) is 1. The highest BCUT2D eigenvalue weighted by molar-refractivity contribution is 6.30. The Hall–Kier alpha value is -0.840. The summed E-state index contributed by atoms with van der Waals surface area (Å²) in [6, 6.07) is 1.85. The maximum Gasteiger partial charge on any atom is 0.137 e. The van der Waals surface area contributed by atoms with Crippen LogP contribution in [0.5, 0.6) is 5.75 Å². The van der Waals surface area contributed by atoms with Crippen LogP contribution in [0, 0.1) is 0 Å². The molecule has 2 rings (SSSR count). The molecule has 0 spiro atoms. The van der Waals surface area contributed by atoms with Gasteiger partial charge in [0, 0.05) is 44.5 Å². The van der Waals surface area contributed by atoms with Crippen molar-refractivity contribution in [2.45, 2.75) is 6.54 Å². The van der Waals surface area contributed by atoms with Crippen LogP contribution in [0.15, 0.2) is 12.3 Å². The molecule has 1 N–H and O–H groups in total. The fourth-order valence-corrected chi connectivity index (χ4v) is 2.09. The van der Waals surface area contributed by atoms with Gasteiger partial charge in [-0.1, -0.05) is 11.6 Å². The quantitative estimate of drug-likeness (QED) is 0.806. The molecule has 0 amide bonds. The molecule has 5 heteroatoms. The van der Waals surface area contributed by atoms with Gasteiger partial charge in [0.25, 0.3) is 0 Å². The average Bonchev–Trinajstić information content (AvgIpc) is 2.33. The monoisotopic (exact) mass is 241 g/mol. The van der Waals surface area contributed by atoms with Crippen molar-refractivity contribution in [3.05, 3.63) is 23.0 Å². The van der Waals surface area contributed by atoms with E-state index in [1.807, 2.05) is 6.07 Å². The Morgan fingerprint density at radius 3 is 2.94 bits per heavy atom. The van der Waals surface area contributed by atoms with Gasteiger partial charge in [0.2, 0.25) is 0 Å². The van der Waals surface area contributed by atoms with Crippen molar-refractivity contribution >= 4 is 11.6 Å². The number of aromatic nitrogens is 1. The highest BCUT2D eigenvalue weighted by atomic mass is 35.5. The molecular formula is C11H16ClN3O. The predicted octanol–water partition coefficient (Wildman–Crippen LogP) is 1.15. The third kappa shape index (κ3) is 2.64. The molecule has 88 valence electrons. The van der Waals surface area contributed by atoms with Crippen molar-refractivity contribution < 1.29 is 4.74 Å². The molecule has 0 unspecified atom stereocenters. The summed E-state index contributed by atoms with van der Waals surface area (Å²) in [6.45, 7) is 4.93. The van der Waals surface area contributed by atoms with Crippen molar-refractivity contribution in [1.82, 2.24) is 15.2 Å². The lowest BCUT2D eigenvalue weighted by Crippen LogP contribution is -2.43. The molecule has 4 nitrogen and oxygen atoms in total. The van der Waals surface area contributed by atoms with Crippen molar-refractivity contribution in [1.29, 1.82) is 0 Å². The van der Waals surface area contributed by atoms with Crippen LogP contribution in [-0.2, 0) is 6.54 Å². The summed E-state index contributed by atoms with van der Waals surface area (Å²) >= 11 is 6.09. The fraction of sp³-hybridized carbons (Fsp3) is 0.545. The van der Waals surface area contributed by atoms with Gasteiger partial charge < -0.3 is 10.1 Å². The maximum absolute atomic E-state index is 6.09. The van der Waals surface area contributed by atoms with Gasteiger partial charge in [-0.3, -0.25) is 4.90 Å². The number of nitrogens with zero attached hydrogens (tertiary/aromatic N) is 2. The molecule has 1 aliphatic rings. The van der Waals surface area contributed by atoms with E-state index in [-0.39, 0.29) is 0 Å². The van der Waals surface area contributed by atoms with Gasteiger partial charge in [-0.2, -0.15) is 0 Å². The van der Waals surface area contributed by atoms with Gasteiger partial charge in [-0.05, 0) is 6.07 Å². The Labute approximate surface area is 101 Å². The molecule has 0 aliphatic carbocycles. The van der Waals surface area contributed by atoms with Crippen LogP contribution < -0.4 is 10.1 Å². The Morgan fingerprint density at radius 1 is 1.50 bits per heavy atom. The van der Waals surface area contributed by atoms with E-state index in [1.165, 1.54) is 0 Å². The number of hydrogen-bond acceptors (Lipinski definition) is 4. The second kappa shape index (κ2) is 5.48. The summed E-state index contributed by atoms with van der Waals surface area (Å²) in [5.41, 5.74) is 0.980. The molecule has 1 fully saturated rings. The lowest BCUT2D eigenvalue weighted by atomic mass is 10.2. The van der Waals surface area contributed by atoms with E-state index in [2.05, 4.69) is 15.2 Å². The molecule has 0 aromatic carbocycles. The molecule has 0 bridgehead atoms. The standard InChI is InChI=1S/C11H16ClN3O/c1-16-10-2-3-14-11(12)9(10)8-15-6-4-13-5-7-15/h2-3,13H,4-8H2,1H3. The topological polar surface area (TPSA) is 37.4 Å². The van der Waals surface area contributed by atoms with Crippen molar-refractivity contribution in [2.24, 2.45) is 0 Å². The van der Waals surface area contributed by atoms with Crippen LogP contribution in [0.25, 0.3) is 0 Å². The third-order valence-electron chi connectivity index (χ3n) is 2.77. The summed E-state index contributed by atoms with van der Waals surface area (Å²) in [6.07, 6.45) is 1.67. The zero-order valence-electron chi connectivity index (χ0n) is 9.37. The van der Waals surface area contributed by atoms with Crippen molar-refractivity contribution in [3.8, 4) is 5.75 Å². The van der Waals surface area contributed by atoms with Crippen LogP contribution in [0.2, 0.25) is 5.15 Å². The Kier molecular flexibility index (Phi) is 3.98. The average molecular weight is 242 g/mol. The first-order valence-electron chi connectivity index (χ1n) is 5.41. The lowest BCUT2D eigenvalue weighted by molar-refractivity contribution is 0.230. The first-order valence-corrected chi connectivity index (χ1v) is 5.79. The predicted molar refractivity (Wildman–Crippen MR) is 63.9 cm³/mol. The van der Waals surface area contributed by atoms with E-state index < -0.39 is 0 Å². The second-order valence-corrected chi connectivity index (χ2v) is 4.17. The number of pyridine rings is 1. The van der Waals surface area contributed by atoms with Gasteiger partial charge in [0.15, 0.2) is 0 Å². The SMILES string of the molecule is COc1ccnc(Cl)c1CN1CCNCC1. The van der Waals surface area contributed by atoms with E-state index in [1.54, 1.807) is 13.3 Å². The minimum atomic E-state index is 0.540. The van der Waals surface area contributed by atoms with Gasteiger partial charge in [-0.25, -0.2) is 4.98 Å². The largest absolute Gasteiger partial charge is 0.496 e. The number of piperazine rings is 1. The van der Waals surface area contributed by atoms with Crippen LogP contribution in [0.4, 0.5) is 0 Å². The third-order valence-corrected chi connectivity index (χ3v) is 3.10. The van der Waals surface area contributed by atoms with Crippen LogP contribution >= 0.6 is 11.6 Å². The van der Waals surface area contributed by atoms with Crippen molar-refractivity contribution in [3.63, 3.8) is 0 Å². The molecular weight excluding hydrogens is 226 g/mol. The zero-order chi connectivity index (χ0) is 11.4. The number of methoxy groups -OCH3 is 1. The molecule has 1 aromatic rings. The molecule has 0 atom stereocenters. The number of rotatable bonds is 3. The molecule has 1 aliphatic heterocycles. The van der Waals surface area contributed by atoms with Gasteiger partial charge in [-0.15, -0.1) is 0 Å².